The fourth-order valence-corrected chi connectivity index (χ4v) is 3.72. The molecule has 0 aromatic carbocycles. The summed E-state index contributed by atoms with van der Waals surface area (Å²) < 4.78 is 0. The molecule has 0 spiro atoms. The quantitative estimate of drug-likeness (QED) is 0.860. The first-order chi connectivity index (χ1) is 10.1. The second-order valence-electron chi connectivity index (χ2n) is 5.84. The number of rotatable bonds is 3. The summed E-state index contributed by atoms with van der Waals surface area (Å²) in [5, 5.41) is 9.50. The van der Waals surface area contributed by atoms with Crippen molar-refractivity contribution >= 4 is 11.9 Å². The second kappa shape index (κ2) is 5.44. The number of aliphatic carboxylic acids is 1. The summed E-state index contributed by atoms with van der Waals surface area (Å²) in [6, 6.07) is 2.57. The molecule has 1 aromatic heterocycles. The van der Waals surface area contributed by atoms with Crippen LogP contribution in [0.3, 0.4) is 0 Å². The van der Waals surface area contributed by atoms with Gasteiger partial charge in [-0.1, -0.05) is 6.42 Å². The van der Waals surface area contributed by atoms with Crippen molar-refractivity contribution < 1.29 is 14.7 Å². The molecule has 1 saturated carbocycles. The smallest absolute Gasteiger partial charge is 0.326 e. The molecule has 6 nitrogen and oxygen atoms in total. The number of nitrogens with zero attached hydrogens (tertiary/aromatic N) is 2. The molecule has 3 rings (SSSR count). The Balaban J connectivity index is 1.87. The zero-order chi connectivity index (χ0) is 15.0. The van der Waals surface area contributed by atoms with Gasteiger partial charge in [-0.05, 0) is 36.8 Å². The van der Waals surface area contributed by atoms with E-state index in [9.17, 15) is 14.7 Å². The number of pyridine rings is 1. The van der Waals surface area contributed by atoms with Gasteiger partial charge in [-0.15, -0.1) is 0 Å². The molecule has 6 heteroatoms. The van der Waals surface area contributed by atoms with Crippen LogP contribution in [0.5, 0.6) is 0 Å². The van der Waals surface area contributed by atoms with Gasteiger partial charge in [0.2, 0.25) is 0 Å². The number of carbonyl (C=O) groups excluding carboxylic acids is 1. The summed E-state index contributed by atoms with van der Waals surface area (Å²) in [6.07, 6.45) is 4.52. The topological polar surface area (TPSA) is 96.5 Å². The second-order valence-corrected chi connectivity index (χ2v) is 5.84. The van der Waals surface area contributed by atoms with Crippen molar-refractivity contribution in [3.8, 4) is 0 Å². The maximum Gasteiger partial charge on any atom is 0.326 e. The van der Waals surface area contributed by atoms with Crippen LogP contribution < -0.4 is 5.73 Å². The molecular formula is C15H19N3O3. The van der Waals surface area contributed by atoms with Crippen molar-refractivity contribution in [3.63, 3.8) is 0 Å². The van der Waals surface area contributed by atoms with Crippen LogP contribution in [0, 0.1) is 11.8 Å². The van der Waals surface area contributed by atoms with Gasteiger partial charge in [0, 0.05) is 24.8 Å². The third-order valence-corrected chi connectivity index (χ3v) is 4.68. The van der Waals surface area contributed by atoms with E-state index in [1.807, 2.05) is 0 Å². The summed E-state index contributed by atoms with van der Waals surface area (Å²) in [6.45, 7) is 0.801. The average molecular weight is 289 g/mol. The molecule has 2 aliphatic rings. The maximum atomic E-state index is 12.7. The van der Waals surface area contributed by atoms with Gasteiger partial charge in [0.15, 0.2) is 0 Å². The van der Waals surface area contributed by atoms with E-state index in [1.54, 1.807) is 18.3 Å². The highest BCUT2D eigenvalue weighted by atomic mass is 16.4. The summed E-state index contributed by atoms with van der Waals surface area (Å²) >= 11 is 0. The average Bonchev–Trinajstić information content (AvgIpc) is 3.06. The first kappa shape index (κ1) is 14.0. The van der Waals surface area contributed by atoms with E-state index >= 15 is 0 Å². The number of amides is 1. The number of likely N-dealkylation sites (tertiary alicyclic amines) is 1. The van der Waals surface area contributed by atoms with E-state index in [4.69, 9.17) is 5.73 Å². The van der Waals surface area contributed by atoms with Crippen LogP contribution in [0.15, 0.2) is 18.3 Å². The van der Waals surface area contributed by atoms with Gasteiger partial charge < -0.3 is 15.7 Å². The van der Waals surface area contributed by atoms with E-state index in [1.165, 1.54) is 4.90 Å². The summed E-state index contributed by atoms with van der Waals surface area (Å²) in [5.41, 5.74) is 6.64. The van der Waals surface area contributed by atoms with E-state index < -0.39 is 12.0 Å². The highest BCUT2D eigenvalue weighted by Crippen LogP contribution is 2.42. The van der Waals surface area contributed by atoms with Crippen LogP contribution in [0.25, 0.3) is 0 Å². The Kier molecular flexibility index (Phi) is 3.63. The van der Waals surface area contributed by atoms with Gasteiger partial charge in [0.05, 0.1) is 5.69 Å². The highest BCUT2D eigenvalue weighted by molar-refractivity contribution is 5.97. The minimum atomic E-state index is -0.897. The van der Waals surface area contributed by atoms with Crippen molar-refractivity contribution in [2.75, 3.05) is 6.54 Å². The molecule has 3 atom stereocenters. The summed E-state index contributed by atoms with van der Waals surface area (Å²) in [5.74, 6) is -0.701. The van der Waals surface area contributed by atoms with Gasteiger partial charge in [0.1, 0.15) is 6.04 Å². The van der Waals surface area contributed by atoms with Crippen molar-refractivity contribution in [2.24, 2.45) is 17.6 Å². The van der Waals surface area contributed by atoms with Gasteiger partial charge in [-0.3, -0.25) is 9.78 Å². The predicted octanol–water partition coefficient (Wildman–Crippen LogP) is 0.866. The molecule has 0 bridgehead atoms. The molecule has 1 aliphatic heterocycles. The lowest BCUT2D eigenvalue weighted by atomic mass is 9.94. The predicted molar refractivity (Wildman–Crippen MR) is 75.4 cm³/mol. The molecule has 3 unspecified atom stereocenters. The van der Waals surface area contributed by atoms with E-state index in [-0.39, 0.29) is 18.4 Å². The van der Waals surface area contributed by atoms with Crippen molar-refractivity contribution in [1.82, 2.24) is 9.88 Å². The molecular weight excluding hydrogens is 270 g/mol. The lowest BCUT2D eigenvalue weighted by Gasteiger charge is -2.24. The summed E-state index contributed by atoms with van der Waals surface area (Å²) in [7, 11) is 0. The molecule has 1 saturated heterocycles. The molecule has 1 amide bonds. The largest absolute Gasteiger partial charge is 0.480 e. The van der Waals surface area contributed by atoms with Crippen molar-refractivity contribution in [2.45, 2.75) is 31.8 Å². The fourth-order valence-electron chi connectivity index (χ4n) is 3.72. The number of hydrogen-bond acceptors (Lipinski definition) is 4. The van der Waals surface area contributed by atoms with Crippen LogP contribution in [0.4, 0.5) is 0 Å². The lowest BCUT2D eigenvalue weighted by Crippen LogP contribution is -2.43. The number of nitrogens with two attached hydrogens (primary N) is 1. The first-order valence-electron chi connectivity index (χ1n) is 7.30. The van der Waals surface area contributed by atoms with Gasteiger partial charge >= 0.3 is 5.97 Å². The standard InChI is InChI=1S/C15H19N3O3/c16-7-11-6-9(4-5-17-11)14(19)18-8-10-2-1-3-12(10)13(18)15(20)21/h4-6,10,12-13H,1-3,7-8,16H2,(H,20,21). The van der Waals surface area contributed by atoms with Gasteiger partial charge in [0.25, 0.3) is 5.91 Å². The Morgan fingerprint density at radius 3 is 2.95 bits per heavy atom. The van der Waals surface area contributed by atoms with Crippen LogP contribution in [0.2, 0.25) is 0 Å². The molecule has 0 radical (unpaired) electrons. The normalized spacial score (nSPS) is 27.7. The molecule has 21 heavy (non-hydrogen) atoms. The SMILES string of the molecule is NCc1cc(C(=O)N2CC3CCCC3C2C(=O)O)ccn1. The lowest BCUT2D eigenvalue weighted by molar-refractivity contribution is -0.142. The van der Waals surface area contributed by atoms with Crippen LogP contribution >= 0.6 is 0 Å². The highest BCUT2D eigenvalue weighted by Gasteiger charge is 2.49. The molecule has 112 valence electrons. The minimum absolute atomic E-state index is 0.0993. The fraction of sp³-hybridized carbons (Fsp3) is 0.533. The number of carboxylic acids is 1. The van der Waals surface area contributed by atoms with E-state index in [0.717, 1.165) is 19.3 Å². The zero-order valence-electron chi connectivity index (χ0n) is 11.7. The van der Waals surface area contributed by atoms with Crippen molar-refractivity contribution in [3.05, 3.63) is 29.6 Å². The Bertz CT molecular complexity index is 575. The molecule has 1 aromatic rings. The molecule has 3 N–H and O–H groups in total. The first-order valence-corrected chi connectivity index (χ1v) is 7.30. The number of aromatic nitrogens is 1. The van der Waals surface area contributed by atoms with Crippen molar-refractivity contribution in [1.29, 1.82) is 0 Å². The van der Waals surface area contributed by atoms with Crippen LogP contribution in [0.1, 0.15) is 35.3 Å². The Morgan fingerprint density at radius 2 is 2.24 bits per heavy atom. The van der Waals surface area contributed by atoms with Gasteiger partial charge in [-0.2, -0.15) is 0 Å². The maximum absolute atomic E-state index is 12.7. The third-order valence-electron chi connectivity index (χ3n) is 4.68. The van der Waals surface area contributed by atoms with Gasteiger partial charge in [-0.25, -0.2) is 4.79 Å². The monoisotopic (exact) mass is 289 g/mol. The number of fused-ring (bicyclic) bond motifs is 1. The minimum Gasteiger partial charge on any atom is -0.480 e. The molecule has 1 aliphatic carbocycles. The number of carbonyl (C=O) groups is 2. The van der Waals surface area contributed by atoms with Crippen LogP contribution in [-0.2, 0) is 11.3 Å². The summed E-state index contributed by atoms with van der Waals surface area (Å²) in [4.78, 5) is 29.8. The molecule has 2 heterocycles. The molecule has 2 fully saturated rings. The Morgan fingerprint density at radius 1 is 1.43 bits per heavy atom. The zero-order valence-corrected chi connectivity index (χ0v) is 11.7. The Hall–Kier alpha value is -1.95. The number of carboxylic acid groups (broad SMARTS) is 1. The number of hydrogen-bond donors (Lipinski definition) is 2. The van der Waals surface area contributed by atoms with E-state index in [0.29, 0.717) is 23.7 Å². The Labute approximate surface area is 123 Å². The third kappa shape index (κ3) is 2.40. The van der Waals surface area contributed by atoms with Crippen LogP contribution in [-0.4, -0.2) is 39.5 Å². The van der Waals surface area contributed by atoms with E-state index in [2.05, 4.69) is 4.98 Å².